The van der Waals surface area contributed by atoms with Crippen molar-refractivity contribution in [3.63, 3.8) is 0 Å². The molecule has 0 unspecified atom stereocenters. The van der Waals surface area contributed by atoms with Crippen molar-refractivity contribution in [1.82, 2.24) is 0 Å². The van der Waals surface area contributed by atoms with Gasteiger partial charge in [0.05, 0.1) is 13.7 Å². The third-order valence-corrected chi connectivity index (χ3v) is 4.75. The Labute approximate surface area is 179 Å². The van der Waals surface area contributed by atoms with Crippen LogP contribution in [0.2, 0.25) is 0 Å². The van der Waals surface area contributed by atoms with Gasteiger partial charge < -0.3 is 14.8 Å². The Balaban J connectivity index is 0.00000420. The lowest BCUT2D eigenvalue weighted by Crippen LogP contribution is -2.31. The largest absolute Gasteiger partial charge is 0.493 e. The number of rotatable bonds is 8. The Morgan fingerprint density at radius 2 is 1.86 bits per heavy atom. The molecule has 158 valence electrons. The van der Waals surface area contributed by atoms with E-state index in [1.807, 2.05) is 39.8 Å². The minimum absolute atomic E-state index is 0. The van der Waals surface area contributed by atoms with E-state index in [0.29, 0.717) is 24.3 Å². The molecule has 0 aromatic heterocycles. The van der Waals surface area contributed by atoms with E-state index in [0.717, 1.165) is 17.7 Å². The van der Waals surface area contributed by atoms with Crippen LogP contribution in [-0.2, 0) is 9.53 Å². The van der Waals surface area contributed by atoms with Crippen LogP contribution in [0.3, 0.4) is 0 Å². The van der Waals surface area contributed by atoms with E-state index in [-0.39, 0.29) is 24.2 Å². The van der Waals surface area contributed by atoms with E-state index in [4.69, 9.17) is 14.9 Å². The molecule has 0 aliphatic carbocycles. The van der Waals surface area contributed by atoms with Gasteiger partial charge in [-0.1, -0.05) is 32.0 Å². The second-order valence-electron chi connectivity index (χ2n) is 7.67. The molecule has 2 aromatic carbocycles. The van der Waals surface area contributed by atoms with Gasteiger partial charge in [0.2, 0.25) is 11.8 Å². The average molecular weight is 419 g/mol. The maximum absolute atomic E-state index is 12.7. The van der Waals surface area contributed by atoms with E-state index in [2.05, 4.69) is 17.4 Å². The molecular weight excluding hydrogens is 388 g/mol. The molecule has 0 saturated carbocycles. The third kappa shape index (κ3) is 7.09. The van der Waals surface area contributed by atoms with Gasteiger partial charge in [-0.25, -0.2) is 0 Å². The Hall–Kier alpha value is -2.53. The standard InChI is InChI=1S/C23H30N2O3.ClH/c1-16-10-11-17(2)20(14-16)28-13-7-12-23(3,4)22(26)25-19-9-6-8-18(15-19)21(24)27-5;/h6,8-11,14-15,24H,7,12-13H2,1-5H3,(H,25,26);1H. The molecule has 0 aliphatic heterocycles. The Morgan fingerprint density at radius 3 is 2.55 bits per heavy atom. The lowest BCUT2D eigenvalue weighted by Gasteiger charge is -2.24. The number of aryl methyl sites for hydroxylation is 2. The molecule has 0 radical (unpaired) electrons. The molecular formula is C23H31ClN2O3. The van der Waals surface area contributed by atoms with Gasteiger partial charge in [0, 0.05) is 16.7 Å². The van der Waals surface area contributed by atoms with Crippen molar-refractivity contribution in [3.8, 4) is 5.75 Å². The van der Waals surface area contributed by atoms with Crippen LogP contribution < -0.4 is 10.1 Å². The number of nitrogens with one attached hydrogen (secondary N) is 2. The monoisotopic (exact) mass is 418 g/mol. The summed E-state index contributed by atoms with van der Waals surface area (Å²) in [5, 5.41) is 10.7. The van der Waals surface area contributed by atoms with E-state index in [9.17, 15) is 4.79 Å². The van der Waals surface area contributed by atoms with E-state index in [1.165, 1.54) is 12.7 Å². The molecule has 0 aliphatic rings. The molecule has 0 spiro atoms. The Kier molecular flexibility index (Phi) is 9.18. The summed E-state index contributed by atoms with van der Waals surface area (Å²) < 4.78 is 10.8. The summed E-state index contributed by atoms with van der Waals surface area (Å²) in [4.78, 5) is 12.7. The Bertz CT molecular complexity index is 850. The number of hydrogen-bond acceptors (Lipinski definition) is 4. The van der Waals surface area contributed by atoms with Gasteiger partial charge in [0.15, 0.2) is 0 Å². The molecule has 0 heterocycles. The number of anilines is 1. The molecule has 2 aromatic rings. The van der Waals surface area contributed by atoms with Gasteiger partial charge in [-0.3, -0.25) is 10.2 Å². The number of hydrogen-bond donors (Lipinski definition) is 2. The molecule has 0 bridgehead atoms. The first kappa shape index (κ1) is 24.5. The predicted octanol–water partition coefficient (Wildman–Crippen LogP) is 5.52. The number of benzene rings is 2. The molecule has 6 heteroatoms. The second kappa shape index (κ2) is 10.9. The summed E-state index contributed by atoms with van der Waals surface area (Å²) in [5.41, 5.74) is 3.03. The molecule has 0 saturated heterocycles. The summed E-state index contributed by atoms with van der Waals surface area (Å²) in [6.07, 6.45) is 1.49. The fourth-order valence-electron chi connectivity index (χ4n) is 2.83. The highest BCUT2D eigenvalue weighted by Gasteiger charge is 2.27. The van der Waals surface area contributed by atoms with Crippen LogP contribution in [0.15, 0.2) is 42.5 Å². The molecule has 1 amide bonds. The van der Waals surface area contributed by atoms with Crippen molar-refractivity contribution in [2.45, 2.75) is 40.5 Å². The topological polar surface area (TPSA) is 71.4 Å². The minimum atomic E-state index is -0.532. The van der Waals surface area contributed by atoms with Gasteiger partial charge in [-0.05, 0) is 62.1 Å². The SMILES string of the molecule is COC(=N)c1cccc(NC(=O)C(C)(C)CCCOc2cc(C)ccc2C)c1.Cl. The van der Waals surface area contributed by atoms with Crippen molar-refractivity contribution in [2.75, 3.05) is 19.0 Å². The minimum Gasteiger partial charge on any atom is -0.493 e. The van der Waals surface area contributed by atoms with Crippen molar-refractivity contribution in [3.05, 3.63) is 59.2 Å². The smallest absolute Gasteiger partial charge is 0.230 e. The first-order valence-electron chi connectivity index (χ1n) is 9.47. The number of halogens is 1. The number of methoxy groups -OCH3 is 1. The number of ether oxygens (including phenoxy) is 2. The molecule has 29 heavy (non-hydrogen) atoms. The normalized spacial score (nSPS) is 10.7. The maximum atomic E-state index is 12.7. The van der Waals surface area contributed by atoms with Crippen LogP contribution >= 0.6 is 12.4 Å². The lowest BCUT2D eigenvalue weighted by molar-refractivity contribution is -0.124. The summed E-state index contributed by atoms with van der Waals surface area (Å²) in [7, 11) is 1.46. The first-order valence-corrected chi connectivity index (χ1v) is 9.47. The quantitative estimate of drug-likeness (QED) is 0.336. The third-order valence-electron chi connectivity index (χ3n) is 4.75. The number of carbonyl (C=O) groups excluding carboxylic acids is 1. The van der Waals surface area contributed by atoms with Gasteiger partial charge in [0.25, 0.3) is 0 Å². The van der Waals surface area contributed by atoms with Crippen LogP contribution in [-0.4, -0.2) is 25.5 Å². The van der Waals surface area contributed by atoms with Crippen LogP contribution in [0, 0.1) is 24.7 Å². The van der Waals surface area contributed by atoms with E-state index >= 15 is 0 Å². The Morgan fingerprint density at radius 1 is 1.14 bits per heavy atom. The number of amides is 1. The highest BCUT2D eigenvalue weighted by atomic mass is 35.5. The maximum Gasteiger partial charge on any atom is 0.230 e. The summed E-state index contributed by atoms with van der Waals surface area (Å²) in [5.74, 6) is 0.916. The zero-order chi connectivity index (χ0) is 20.7. The summed E-state index contributed by atoms with van der Waals surface area (Å²) >= 11 is 0. The van der Waals surface area contributed by atoms with E-state index in [1.54, 1.807) is 18.2 Å². The summed E-state index contributed by atoms with van der Waals surface area (Å²) in [6, 6.07) is 13.3. The molecule has 2 rings (SSSR count). The average Bonchev–Trinajstić information content (AvgIpc) is 2.67. The molecule has 2 N–H and O–H groups in total. The highest BCUT2D eigenvalue weighted by molar-refractivity contribution is 5.97. The van der Waals surface area contributed by atoms with Crippen molar-refractivity contribution >= 4 is 29.9 Å². The van der Waals surface area contributed by atoms with E-state index < -0.39 is 5.41 Å². The van der Waals surface area contributed by atoms with Gasteiger partial charge in [-0.2, -0.15) is 0 Å². The van der Waals surface area contributed by atoms with Crippen molar-refractivity contribution in [2.24, 2.45) is 5.41 Å². The van der Waals surface area contributed by atoms with Gasteiger partial charge in [0.1, 0.15) is 5.75 Å². The molecule has 5 nitrogen and oxygen atoms in total. The van der Waals surface area contributed by atoms with Gasteiger partial charge in [-0.15, -0.1) is 12.4 Å². The summed E-state index contributed by atoms with van der Waals surface area (Å²) in [6.45, 7) is 8.51. The second-order valence-corrected chi connectivity index (χ2v) is 7.67. The van der Waals surface area contributed by atoms with Gasteiger partial charge >= 0.3 is 0 Å². The zero-order valence-electron chi connectivity index (χ0n) is 17.8. The first-order chi connectivity index (χ1) is 13.2. The zero-order valence-corrected chi connectivity index (χ0v) is 18.6. The number of carbonyl (C=O) groups is 1. The fraction of sp³-hybridized carbons (Fsp3) is 0.391. The highest BCUT2D eigenvalue weighted by Crippen LogP contribution is 2.26. The van der Waals surface area contributed by atoms with Crippen LogP contribution in [0.25, 0.3) is 0 Å². The fourth-order valence-corrected chi connectivity index (χ4v) is 2.83. The van der Waals surface area contributed by atoms with Crippen molar-refractivity contribution in [1.29, 1.82) is 5.41 Å². The molecule has 0 fully saturated rings. The van der Waals surface area contributed by atoms with Crippen LogP contribution in [0.5, 0.6) is 5.75 Å². The lowest BCUT2D eigenvalue weighted by atomic mass is 9.87. The predicted molar refractivity (Wildman–Crippen MR) is 121 cm³/mol. The van der Waals surface area contributed by atoms with Crippen molar-refractivity contribution < 1.29 is 14.3 Å². The van der Waals surface area contributed by atoms with Crippen LogP contribution in [0.4, 0.5) is 5.69 Å². The molecule has 0 atom stereocenters. The van der Waals surface area contributed by atoms with Crippen LogP contribution in [0.1, 0.15) is 43.4 Å².